The molecule has 0 bridgehead atoms. The van der Waals surface area contributed by atoms with Crippen molar-refractivity contribution in [3.05, 3.63) is 0 Å². The third-order valence-corrected chi connectivity index (χ3v) is 8.89. The van der Waals surface area contributed by atoms with E-state index in [9.17, 15) is 4.57 Å². The van der Waals surface area contributed by atoms with Crippen molar-refractivity contribution >= 4 is 7.82 Å². The Bertz CT molecular complexity index is 455. The van der Waals surface area contributed by atoms with Crippen LogP contribution in [0.1, 0.15) is 159 Å². The van der Waals surface area contributed by atoms with Crippen molar-refractivity contribution in [1.29, 1.82) is 0 Å². The maximum Gasteiger partial charge on any atom is 0.475 e. The Morgan fingerprint density at radius 3 is 0.971 bits per heavy atom. The molecule has 0 spiro atoms. The van der Waals surface area contributed by atoms with Gasteiger partial charge in [-0.1, -0.05) is 119 Å². The summed E-state index contributed by atoms with van der Waals surface area (Å²) in [6.07, 6.45) is 17.0. The molecule has 35 heavy (non-hydrogen) atoms. The minimum absolute atomic E-state index is 0.152. The Balaban J connectivity index is 5.05. The quantitative estimate of drug-likeness (QED) is 0.0941. The van der Waals surface area contributed by atoms with E-state index in [1.165, 1.54) is 77.0 Å². The van der Waals surface area contributed by atoms with Crippen LogP contribution in [0.3, 0.4) is 0 Å². The summed E-state index contributed by atoms with van der Waals surface area (Å²) in [5.74, 6) is 1.62. The van der Waals surface area contributed by atoms with Crippen LogP contribution < -0.4 is 0 Å². The summed E-state index contributed by atoms with van der Waals surface area (Å²) in [6.45, 7) is 19.6. The lowest BCUT2D eigenvalue weighted by Gasteiger charge is -2.29. The van der Waals surface area contributed by atoms with E-state index in [2.05, 4.69) is 41.5 Å². The molecule has 0 aliphatic rings. The highest BCUT2D eigenvalue weighted by Gasteiger charge is 2.35. The zero-order valence-electron chi connectivity index (χ0n) is 25.2. The lowest BCUT2D eigenvalue weighted by Crippen LogP contribution is -2.21. The van der Waals surface area contributed by atoms with Crippen molar-refractivity contribution in [2.45, 2.75) is 177 Å². The van der Waals surface area contributed by atoms with Crippen LogP contribution in [0, 0.1) is 17.8 Å². The van der Waals surface area contributed by atoms with E-state index < -0.39 is 7.82 Å². The number of phosphoric ester groups is 1. The van der Waals surface area contributed by atoms with Crippen LogP contribution in [0.2, 0.25) is 0 Å². The summed E-state index contributed by atoms with van der Waals surface area (Å²) in [4.78, 5) is 0. The summed E-state index contributed by atoms with van der Waals surface area (Å²) in [5.41, 5.74) is 0. The molecule has 0 aromatic heterocycles. The maximum absolute atomic E-state index is 13.9. The maximum atomic E-state index is 13.9. The van der Waals surface area contributed by atoms with Gasteiger partial charge in [0, 0.05) is 0 Å². The van der Waals surface area contributed by atoms with E-state index in [1.54, 1.807) is 0 Å². The van der Waals surface area contributed by atoms with Gasteiger partial charge in [-0.3, -0.25) is 13.6 Å². The molecular formula is C30H63O4P. The van der Waals surface area contributed by atoms with Crippen molar-refractivity contribution in [2.75, 3.05) is 0 Å². The largest absolute Gasteiger partial charge is 0.475 e. The first kappa shape index (κ1) is 35.1. The second kappa shape index (κ2) is 21.1. The van der Waals surface area contributed by atoms with E-state index in [0.717, 1.165) is 19.3 Å². The molecule has 0 saturated carbocycles. The fourth-order valence-electron chi connectivity index (χ4n) is 5.15. The van der Waals surface area contributed by atoms with Gasteiger partial charge in [0.2, 0.25) is 0 Å². The van der Waals surface area contributed by atoms with Crippen molar-refractivity contribution < 1.29 is 18.1 Å². The molecule has 4 nitrogen and oxygen atoms in total. The van der Waals surface area contributed by atoms with Gasteiger partial charge in [0.15, 0.2) is 0 Å². The lowest BCUT2D eigenvalue weighted by molar-refractivity contribution is 0.0273. The number of hydrogen-bond donors (Lipinski definition) is 0. The van der Waals surface area contributed by atoms with Crippen LogP contribution in [0.4, 0.5) is 0 Å². The zero-order chi connectivity index (χ0) is 26.7. The molecule has 0 aliphatic heterocycles. The minimum atomic E-state index is -3.65. The summed E-state index contributed by atoms with van der Waals surface area (Å²) in [5, 5.41) is 0. The second-order valence-corrected chi connectivity index (χ2v) is 13.2. The van der Waals surface area contributed by atoms with Crippen molar-refractivity contribution in [3.63, 3.8) is 0 Å². The first-order chi connectivity index (χ1) is 16.5. The molecule has 6 atom stereocenters. The predicted octanol–water partition coefficient (Wildman–Crippen LogP) is 11.1. The third kappa shape index (κ3) is 19.8. The Morgan fingerprint density at radius 1 is 0.486 bits per heavy atom. The number of hydrogen-bond acceptors (Lipinski definition) is 4. The minimum Gasteiger partial charge on any atom is -0.284 e. The Morgan fingerprint density at radius 2 is 0.743 bits per heavy atom. The monoisotopic (exact) mass is 518 g/mol. The van der Waals surface area contributed by atoms with Gasteiger partial charge in [-0.05, 0) is 57.8 Å². The average Bonchev–Trinajstić information content (AvgIpc) is 2.73. The van der Waals surface area contributed by atoms with E-state index in [4.69, 9.17) is 13.6 Å². The van der Waals surface area contributed by atoms with Crippen molar-refractivity contribution in [3.8, 4) is 0 Å². The Labute approximate surface area is 220 Å². The molecule has 0 aliphatic carbocycles. The molecule has 212 valence electrons. The molecule has 0 fully saturated rings. The summed E-state index contributed by atoms with van der Waals surface area (Å²) < 4.78 is 32.3. The molecule has 0 rings (SSSR count). The Kier molecular flexibility index (Phi) is 21.2. The molecule has 0 N–H and O–H groups in total. The molecule has 0 saturated heterocycles. The first-order valence-corrected chi connectivity index (χ1v) is 16.7. The van der Waals surface area contributed by atoms with Crippen molar-refractivity contribution in [1.82, 2.24) is 0 Å². The molecule has 0 amide bonds. The van der Waals surface area contributed by atoms with Crippen molar-refractivity contribution in [2.24, 2.45) is 17.8 Å². The fraction of sp³-hybridized carbons (Fsp3) is 1.00. The highest BCUT2D eigenvalue weighted by molar-refractivity contribution is 7.48. The van der Waals surface area contributed by atoms with Gasteiger partial charge in [0.1, 0.15) is 0 Å². The summed E-state index contributed by atoms with van der Waals surface area (Å²) in [7, 11) is -3.65. The Hall–Kier alpha value is 0.110. The highest BCUT2D eigenvalue weighted by atomic mass is 31.2. The van der Waals surface area contributed by atoms with Gasteiger partial charge < -0.3 is 0 Å². The van der Waals surface area contributed by atoms with Crippen LogP contribution >= 0.6 is 7.82 Å². The summed E-state index contributed by atoms with van der Waals surface area (Å²) >= 11 is 0. The normalized spacial score (nSPS) is 19.0. The smallest absolute Gasteiger partial charge is 0.284 e. The SMILES string of the molecule is CCCCCC(C)CC(C)OP(=O)(OC(C)CC(C)CCCCC)OC(C)CC(C)CCCCC. The van der Waals surface area contributed by atoms with E-state index in [-0.39, 0.29) is 18.3 Å². The van der Waals surface area contributed by atoms with Gasteiger partial charge in [-0.15, -0.1) is 0 Å². The van der Waals surface area contributed by atoms with Crippen LogP contribution in [-0.4, -0.2) is 18.3 Å². The molecule has 0 heterocycles. The van der Waals surface area contributed by atoms with E-state index in [0.29, 0.717) is 17.8 Å². The van der Waals surface area contributed by atoms with Crippen LogP contribution in [0.5, 0.6) is 0 Å². The van der Waals surface area contributed by atoms with E-state index >= 15 is 0 Å². The van der Waals surface area contributed by atoms with Gasteiger partial charge >= 0.3 is 7.82 Å². The molecule has 0 aromatic rings. The molecule has 0 radical (unpaired) electrons. The molecule has 0 aromatic carbocycles. The molecule has 6 unspecified atom stereocenters. The van der Waals surface area contributed by atoms with E-state index in [1.807, 2.05) is 20.8 Å². The number of unbranched alkanes of at least 4 members (excludes halogenated alkanes) is 6. The van der Waals surface area contributed by atoms with Crippen LogP contribution in [0.15, 0.2) is 0 Å². The van der Waals surface area contributed by atoms with Gasteiger partial charge in [-0.2, -0.15) is 0 Å². The topological polar surface area (TPSA) is 44.8 Å². The standard InChI is InChI=1S/C30H63O4P/c1-10-13-16-19-25(4)22-28(7)32-35(31,33-29(8)23-26(5)20-17-14-11-2)34-30(9)24-27(6)21-18-15-12-3/h25-30H,10-24H2,1-9H3. The molecular weight excluding hydrogens is 455 g/mol. The molecule has 5 heteroatoms. The van der Waals surface area contributed by atoms with Crippen LogP contribution in [-0.2, 0) is 18.1 Å². The second-order valence-electron chi connectivity index (χ2n) is 11.7. The van der Waals surface area contributed by atoms with Gasteiger partial charge in [0.05, 0.1) is 18.3 Å². The van der Waals surface area contributed by atoms with Crippen LogP contribution in [0.25, 0.3) is 0 Å². The van der Waals surface area contributed by atoms with Gasteiger partial charge in [0.25, 0.3) is 0 Å². The highest BCUT2D eigenvalue weighted by Crippen LogP contribution is 2.54. The average molecular weight is 519 g/mol. The first-order valence-electron chi connectivity index (χ1n) is 15.2. The fourth-order valence-corrected chi connectivity index (χ4v) is 6.88. The lowest BCUT2D eigenvalue weighted by atomic mass is 9.98. The summed E-state index contributed by atoms with van der Waals surface area (Å²) in [6, 6.07) is 0. The third-order valence-electron chi connectivity index (χ3n) is 7.03. The number of rotatable bonds is 24. The number of phosphoric acid groups is 1. The zero-order valence-corrected chi connectivity index (χ0v) is 26.0. The van der Waals surface area contributed by atoms with Gasteiger partial charge in [-0.25, -0.2) is 4.57 Å². The predicted molar refractivity (Wildman–Crippen MR) is 153 cm³/mol.